The van der Waals surface area contributed by atoms with Crippen molar-refractivity contribution in [2.75, 3.05) is 0 Å². The highest BCUT2D eigenvalue weighted by Gasteiger charge is 2.21. The van der Waals surface area contributed by atoms with Crippen LogP contribution in [0, 0.1) is 0 Å². The highest BCUT2D eigenvalue weighted by Crippen LogP contribution is 2.20. The monoisotopic (exact) mass is 214 g/mol. The van der Waals surface area contributed by atoms with Gasteiger partial charge in [-0.15, -0.1) is 5.10 Å². The predicted molar refractivity (Wildman–Crippen MR) is 61.4 cm³/mol. The van der Waals surface area contributed by atoms with Crippen molar-refractivity contribution >= 4 is 0 Å². The minimum atomic E-state index is 0.244. The molecule has 0 saturated carbocycles. The molecule has 0 saturated heterocycles. The van der Waals surface area contributed by atoms with E-state index in [0.29, 0.717) is 0 Å². The van der Waals surface area contributed by atoms with Crippen molar-refractivity contribution in [3.63, 3.8) is 0 Å². The van der Waals surface area contributed by atoms with E-state index in [1.165, 1.54) is 5.69 Å². The fourth-order valence-electron chi connectivity index (χ4n) is 2.19. The molecule has 1 aliphatic carbocycles. The molecule has 3 rings (SSSR count). The summed E-state index contributed by atoms with van der Waals surface area (Å²) in [7, 11) is 0. The molecule has 16 heavy (non-hydrogen) atoms. The second-order valence-corrected chi connectivity index (χ2v) is 4.23. The zero-order valence-corrected chi connectivity index (χ0v) is 9.00. The topological polar surface area (TPSA) is 56.7 Å². The van der Waals surface area contributed by atoms with Crippen LogP contribution in [0.1, 0.15) is 17.8 Å². The Morgan fingerprint density at radius 2 is 2.06 bits per heavy atom. The summed E-state index contributed by atoms with van der Waals surface area (Å²) in [5.74, 6) is 0. The van der Waals surface area contributed by atoms with E-state index in [1.54, 1.807) is 0 Å². The molecule has 0 aliphatic heterocycles. The second-order valence-electron chi connectivity index (χ2n) is 4.23. The first kappa shape index (κ1) is 9.54. The minimum Gasteiger partial charge on any atom is -0.327 e. The van der Waals surface area contributed by atoms with Crippen LogP contribution in [-0.2, 0) is 12.8 Å². The SMILES string of the molecule is NC1CCc2c(nnn2-c2ccccc2)C1. The van der Waals surface area contributed by atoms with E-state index in [9.17, 15) is 0 Å². The zero-order chi connectivity index (χ0) is 11.0. The molecule has 0 amide bonds. The summed E-state index contributed by atoms with van der Waals surface area (Å²) < 4.78 is 1.93. The standard InChI is InChI=1S/C12H14N4/c13-9-6-7-12-11(8-9)14-15-16(12)10-4-2-1-3-5-10/h1-5,9H,6-8,13H2. The second kappa shape index (κ2) is 3.72. The van der Waals surface area contributed by atoms with Gasteiger partial charge in [-0.2, -0.15) is 0 Å². The van der Waals surface area contributed by atoms with Gasteiger partial charge in [0.05, 0.1) is 17.1 Å². The Balaban J connectivity index is 2.04. The molecule has 1 atom stereocenters. The molecule has 0 bridgehead atoms. The molecular weight excluding hydrogens is 200 g/mol. The summed E-state index contributed by atoms with van der Waals surface area (Å²) in [6.45, 7) is 0. The van der Waals surface area contributed by atoms with Crippen LogP contribution in [0.4, 0.5) is 0 Å². The summed E-state index contributed by atoms with van der Waals surface area (Å²) in [4.78, 5) is 0. The molecule has 4 heteroatoms. The Morgan fingerprint density at radius 3 is 2.88 bits per heavy atom. The number of benzene rings is 1. The maximum atomic E-state index is 5.92. The van der Waals surface area contributed by atoms with Gasteiger partial charge in [0.2, 0.25) is 0 Å². The lowest BCUT2D eigenvalue weighted by Gasteiger charge is -2.17. The highest BCUT2D eigenvalue weighted by atomic mass is 15.4. The quantitative estimate of drug-likeness (QED) is 0.773. The predicted octanol–water partition coefficient (Wildman–Crippen LogP) is 1.08. The first-order chi connectivity index (χ1) is 7.84. The molecular formula is C12H14N4. The minimum absolute atomic E-state index is 0.244. The van der Waals surface area contributed by atoms with Crippen molar-refractivity contribution in [1.82, 2.24) is 15.0 Å². The van der Waals surface area contributed by atoms with Crippen molar-refractivity contribution in [1.29, 1.82) is 0 Å². The van der Waals surface area contributed by atoms with E-state index in [2.05, 4.69) is 10.3 Å². The van der Waals surface area contributed by atoms with Gasteiger partial charge in [0, 0.05) is 12.5 Å². The Bertz CT molecular complexity index is 489. The lowest BCUT2D eigenvalue weighted by Crippen LogP contribution is -2.28. The number of nitrogens with zero attached hydrogens (tertiary/aromatic N) is 3. The van der Waals surface area contributed by atoms with E-state index in [0.717, 1.165) is 30.6 Å². The van der Waals surface area contributed by atoms with Gasteiger partial charge in [-0.1, -0.05) is 23.4 Å². The van der Waals surface area contributed by atoms with Crippen LogP contribution in [0.5, 0.6) is 0 Å². The number of hydrogen-bond donors (Lipinski definition) is 1. The Labute approximate surface area is 94.1 Å². The van der Waals surface area contributed by atoms with E-state index in [-0.39, 0.29) is 6.04 Å². The van der Waals surface area contributed by atoms with Gasteiger partial charge in [0.1, 0.15) is 0 Å². The number of hydrogen-bond acceptors (Lipinski definition) is 3. The van der Waals surface area contributed by atoms with Gasteiger partial charge in [-0.05, 0) is 25.0 Å². The lowest BCUT2D eigenvalue weighted by molar-refractivity contribution is 0.559. The normalized spacial score (nSPS) is 19.4. The van der Waals surface area contributed by atoms with E-state index in [1.807, 2.05) is 35.0 Å². The van der Waals surface area contributed by atoms with Crippen molar-refractivity contribution in [2.24, 2.45) is 5.73 Å². The smallest absolute Gasteiger partial charge is 0.0879 e. The van der Waals surface area contributed by atoms with Crippen LogP contribution < -0.4 is 5.73 Å². The third kappa shape index (κ3) is 1.51. The molecule has 1 aromatic heterocycles. The Hall–Kier alpha value is -1.68. The first-order valence-electron chi connectivity index (χ1n) is 5.59. The van der Waals surface area contributed by atoms with E-state index in [4.69, 9.17) is 5.73 Å². The van der Waals surface area contributed by atoms with Crippen LogP contribution in [0.3, 0.4) is 0 Å². The van der Waals surface area contributed by atoms with Crippen LogP contribution in [-0.4, -0.2) is 21.0 Å². The fourth-order valence-corrected chi connectivity index (χ4v) is 2.19. The lowest BCUT2D eigenvalue weighted by atomic mass is 9.96. The van der Waals surface area contributed by atoms with Crippen molar-refractivity contribution in [3.05, 3.63) is 41.7 Å². The number of para-hydroxylation sites is 1. The molecule has 1 heterocycles. The number of rotatable bonds is 1. The molecule has 82 valence electrons. The van der Waals surface area contributed by atoms with Gasteiger partial charge in [-0.3, -0.25) is 0 Å². The fraction of sp³-hybridized carbons (Fsp3) is 0.333. The summed E-state index contributed by atoms with van der Waals surface area (Å²) in [5.41, 5.74) is 9.27. The Kier molecular flexibility index (Phi) is 2.22. The summed E-state index contributed by atoms with van der Waals surface area (Å²) >= 11 is 0. The zero-order valence-electron chi connectivity index (χ0n) is 9.00. The summed E-state index contributed by atoms with van der Waals surface area (Å²) in [6, 6.07) is 10.4. The van der Waals surface area contributed by atoms with Crippen LogP contribution in [0.15, 0.2) is 30.3 Å². The van der Waals surface area contributed by atoms with Gasteiger partial charge in [-0.25, -0.2) is 4.68 Å². The maximum absolute atomic E-state index is 5.92. The third-order valence-corrected chi connectivity index (χ3v) is 3.05. The highest BCUT2D eigenvalue weighted by molar-refractivity contribution is 5.34. The van der Waals surface area contributed by atoms with Crippen LogP contribution >= 0.6 is 0 Å². The van der Waals surface area contributed by atoms with Gasteiger partial charge >= 0.3 is 0 Å². The molecule has 0 radical (unpaired) electrons. The average Bonchev–Trinajstić information content (AvgIpc) is 2.73. The number of fused-ring (bicyclic) bond motifs is 1. The van der Waals surface area contributed by atoms with E-state index < -0.39 is 0 Å². The molecule has 2 aromatic rings. The molecule has 0 spiro atoms. The molecule has 1 aromatic carbocycles. The van der Waals surface area contributed by atoms with Crippen molar-refractivity contribution < 1.29 is 0 Å². The van der Waals surface area contributed by atoms with Crippen molar-refractivity contribution in [2.45, 2.75) is 25.3 Å². The first-order valence-corrected chi connectivity index (χ1v) is 5.59. The van der Waals surface area contributed by atoms with Gasteiger partial charge in [0.25, 0.3) is 0 Å². The molecule has 1 aliphatic rings. The Morgan fingerprint density at radius 1 is 1.25 bits per heavy atom. The van der Waals surface area contributed by atoms with Crippen LogP contribution in [0.2, 0.25) is 0 Å². The number of nitrogens with two attached hydrogens (primary N) is 1. The summed E-state index contributed by atoms with van der Waals surface area (Å²) in [5, 5.41) is 8.43. The molecule has 0 fully saturated rings. The largest absolute Gasteiger partial charge is 0.327 e. The number of aromatic nitrogens is 3. The molecule has 4 nitrogen and oxygen atoms in total. The molecule has 2 N–H and O–H groups in total. The third-order valence-electron chi connectivity index (χ3n) is 3.05. The average molecular weight is 214 g/mol. The van der Waals surface area contributed by atoms with Gasteiger partial charge < -0.3 is 5.73 Å². The van der Waals surface area contributed by atoms with Crippen LogP contribution in [0.25, 0.3) is 5.69 Å². The van der Waals surface area contributed by atoms with Gasteiger partial charge in [0.15, 0.2) is 0 Å². The maximum Gasteiger partial charge on any atom is 0.0879 e. The summed E-state index contributed by atoms with van der Waals surface area (Å²) in [6.07, 6.45) is 2.84. The molecule has 1 unspecified atom stereocenters. The van der Waals surface area contributed by atoms with Crippen molar-refractivity contribution in [3.8, 4) is 5.69 Å². The van der Waals surface area contributed by atoms with E-state index >= 15 is 0 Å².